The fourth-order valence-electron chi connectivity index (χ4n) is 2.12. The number of ether oxygens (including phenoxy) is 1. The van der Waals surface area contributed by atoms with Gasteiger partial charge in [-0.25, -0.2) is 4.98 Å². The largest absolute Gasteiger partial charge is 0.471 e. The zero-order valence-electron chi connectivity index (χ0n) is 13.6. The molecule has 0 fully saturated rings. The fraction of sp³-hybridized carbons (Fsp3) is 0.500. The van der Waals surface area contributed by atoms with E-state index in [1.54, 1.807) is 0 Å². The van der Waals surface area contributed by atoms with Crippen LogP contribution in [-0.4, -0.2) is 17.1 Å². The second-order valence-corrected chi connectivity index (χ2v) is 6.03. The van der Waals surface area contributed by atoms with Gasteiger partial charge in [-0.05, 0) is 50.8 Å². The molecule has 2 aromatic rings. The molecule has 1 aromatic heterocycles. The molecule has 0 saturated heterocycles. The average Bonchev–Trinajstić information content (AvgIpc) is 2.47. The predicted molar refractivity (Wildman–Crippen MR) is 88.7 cm³/mol. The highest BCUT2D eigenvalue weighted by atomic mass is 16.5. The van der Waals surface area contributed by atoms with Gasteiger partial charge in [0.2, 0.25) is 5.88 Å². The van der Waals surface area contributed by atoms with Crippen LogP contribution in [0.2, 0.25) is 0 Å². The molecule has 0 aliphatic heterocycles. The number of aromatic nitrogens is 1. The minimum Gasteiger partial charge on any atom is -0.471 e. The van der Waals surface area contributed by atoms with Crippen molar-refractivity contribution >= 4 is 10.8 Å². The Hall–Kier alpha value is -1.61. The van der Waals surface area contributed by atoms with Crippen LogP contribution in [0.15, 0.2) is 30.3 Å². The second kappa shape index (κ2) is 6.90. The van der Waals surface area contributed by atoms with Crippen LogP contribution < -0.4 is 10.1 Å². The lowest BCUT2D eigenvalue weighted by atomic mass is 10.1. The van der Waals surface area contributed by atoms with E-state index in [2.05, 4.69) is 57.3 Å². The quantitative estimate of drug-likeness (QED) is 0.770. The van der Waals surface area contributed by atoms with Crippen LogP contribution in [0.1, 0.15) is 46.2 Å². The molecule has 3 heteroatoms. The standard InChI is InChI=1S/C18H26N2O/c1-5-11-19-13-15-12-14-9-7-8-10-16(14)17(20-15)21-18(3,4)6-2/h7-10,12,19H,5-6,11,13H2,1-4H3. The van der Waals surface area contributed by atoms with Crippen LogP contribution in [0.25, 0.3) is 10.8 Å². The minimum atomic E-state index is -0.203. The topological polar surface area (TPSA) is 34.1 Å². The Balaban J connectivity index is 2.36. The van der Waals surface area contributed by atoms with Crippen molar-refractivity contribution in [1.82, 2.24) is 10.3 Å². The number of hydrogen-bond donors (Lipinski definition) is 1. The van der Waals surface area contributed by atoms with Gasteiger partial charge in [-0.2, -0.15) is 0 Å². The number of fused-ring (bicyclic) bond motifs is 1. The molecule has 0 aliphatic rings. The van der Waals surface area contributed by atoms with Crippen molar-refractivity contribution in [2.24, 2.45) is 0 Å². The summed E-state index contributed by atoms with van der Waals surface area (Å²) in [5.74, 6) is 0.744. The van der Waals surface area contributed by atoms with Crippen LogP contribution in [0.3, 0.4) is 0 Å². The molecular weight excluding hydrogens is 260 g/mol. The Morgan fingerprint density at radius 1 is 1.19 bits per heavy atom. The molecule has 0 aliphatic carbocycles. The first-order valence-electron chi connectivity index (χ1n) is 7.84. The van der Waals surface area contributed by atoms with E-state index in [1.165, 1.54) is 5.39 Å². The molecule has 0 unspecified atom stereocenters. The monoisotopic (exact) mass is 286 g/mol. The molecule has 2 rings (SSSR count). The summed E-state index contributed by atoms with van der Waals surface area (Å²) in [6, 6.07) is 10.4. The SMILES string of the molecule is CCCNCc1cc2ccccc2c(OC(C)(C)CC)n1. The van der Waals surface area contributed by atoms with Crippen molar-refractivity contribution in [2.75, 3.05) is 6.54 Å². The van der Waals surface area contributed by atoms with Crippen molar-refractivity contribution in [2.45, 2.75) is 52.7 Å². The normalized spacial score (nSPS) is 11.8. The van der Waals surface area contributed by atoms with E-state index in [0.717, 1.165) is 42.9 Å². The third-order valence-electron chi connectivity index (χ3n) is 3.72. The number of benzene rings is 1. The fourth-order valence-corrected chi connectivity index (χ4v) is 2.12. The van der Waals surface area contributed by atoms with Gasteiger partial charge in [0.15, 0.2) is 0 Å². The zero-order chi connectivity index (χ0) is 15.3. The number of rotatable bonds is 7. The summed E-state index contributed by atoms with van der Waals surface area (Å²) in [5.41, 5.74) is 0.828. The van der Waals surface area contributed by atoms with E-state index in [0.29, 0.717) is 0 Å². The van der Waals surface area contributed by atoms with Gasteiger partial charge >= 0.3 is 0 Å². The van der Waals surface area contributed by atoms with Gasteiger partial charge in [0, 0.05) is 11.9 Å². The summed E-state index contributed by atoms with van der Waals surface area (Å²) >= 11 is 0. The Bertz CT molecular complexity index is 593. The Morgan fingerprint density at radius 2 is 1.95 bits per heavy atom. The third-order valence-corrected chi connectivity index (χ3v) is 3.72. The molecule has 0 bridgehead atoms. The Labute approximate surface area is 127 Å². The molecule has 0 saturated carbocycles. The van der Waals surface area contributed by atoms with Crippen molar-refractivity contribution in [1.29, 1.82) is 0 Å². The lowest BCUT2D eigenvalue weighted by Crippen LogP contribution is -2.27. The summed E-state index contributed by atoms with van der Waals surface area (Å²) in [7, 11) is 0. The van der Waals surface area contributed by atoms with E-state index < -0.39 is 0 Å². The van der Waals surface area contributed by atoms with E-state index in [-0.39, 0.29) is 5.60 Å². The average molecular weight is 286 g/mol. The summed E-state index contributed by atoms with van der Waals surface area (Å²) in [6.07, 6.45) is 2.07. The van der Waals surface area contributed by atoms with Gasteiger partial charge in [-0.15, -0.1) is 0 Å². The molecule has 0 radical (unpaired) electrons. The minimum absolute atomic E-state index is 0.203. The van der Waals surface area contributed by atoms with E-state index in [1.807, 2.05) is 6.07 Å². The van der Waals surface area contributed by atoms with Crippen molar-refractivity contribution < 1.29 is 4.74 Å². The summed E-state index contributed by atoms with van der Waals surface area (Å²) in [5, 5.41) is 5.67. The van der Waals surface area contributed by atoms with Gasteiger partial charge < -0.3 is 10.1 Å². The van der Waals surface area contributed by atoms with Crippen molar-refractivity contribution in [3.05, 3.63) is 36.0 Å². The lowest BCUT2D eigenvalue weighted by molar-refractivity contribution is 0.101. The Morgan fingerprint density at radius 3 is 2.67 bits per heavy atom. The van der Waals surface area contributed by atoms with Gasteiger partial charge in [-0.3, -0.25) is 0 Å². The molecule has 0 atom stereocenters. The number of hydrogen-bond acceptors (Lipinski definition) is 3. The maximum atomic E-state index is 6.17. The molecular formula is C18H26N2O. The molecule has 1 heterocycles. The highest BCUT2D eigenvalue weighted by molar-refractivity contribution is 5.87. The van der Waals surface area contributed by atoms with Gasteiger partial charge in [-0.1, -0.05) is 32.0 Å². The third kappa shape index (κ3) is 4.18. The van der Waals surface area contributed by atoms with Gasteiger partial charge in [0.05, 0.1) is 5.69 Å². The maximum absolute atomic E-state index is 6.17. The van der Waals surface area contributed by atoms with Crippen LogP contribution >= 0.6 is 0 Å². The van der Waals surface area contributed by atoms with Crippen LogP contribution in [0.4, 0.5) is 0 Å². The van der Waals surface area contributed by atoms with Gasteiger partial charge in [0.1, 0.15) is 5.60 Å². The van der Waals surface area contributed by atoms with E-state index in [4.69, 9.17) is 9.72 Å². The van der Waals surface area contributed by atoms with E-state index >= 15 is 0 Å². The highest BCUT2D eigenvalue weighted by Gasteiger charge is 2.19. The molecule has 0 spiro atoms. The van der Waals surface area contributed by atoms with E-state index in [9.17, 15) is 0 Å². The van der Waals surface area contributed by atoms with Crippen LogP contribution in [0, 0.1) is 0 Å². The maximum Gasteiger partial charge on any atom is 0.222 e. The highest BCUT2D eigenvalue weighted by Crippen LogP contribution is 2.28. The Kier molecular flexibility index (Phi) is 5.18. The summed E-state index contributed by atoms with van der Waals surface area (Å²) in [6.45, 7) is 10.3. The number of nitrogens with one attached hydrogen (secondary N) is 1. The number of pyridine rings is 1. The molecule has 3 nitrogen and oxygen atoms in total. The van der Waals surface area contributed by atoms with Crippen LogP contribution in [0.5, 0.6) is 5.88 Å². The first-order valence-corrected chi connectivity index (χ1v) is 7.84. The summed E-state index contributed by atoms with van der Waals surface area (Å²) in [4.78, 5) is 4.72. The van der Waals surface area contributed by atoms with Gasteiger partial charge in [0.25, 0.3) is 0 Å². The summed E-state index contributed by atoms with van der Waals surface area (Å²) < 4.78 is 6.17. The smallest absolute Gasteiger partial charge is 0.222 e. The second-order valence-electron chi connectivity index (χ2n) is 6.03. The molecule has 1 aromatic carbocycles. The molecule has 0 amide bonds. The molecule has 114 valence electrons. The molecule has 1 N–H and O–H groups in total. The van der Waals surface area contributed by atoms with Crippen LogP contribution in [-0.2, 0) is 6.54 Å². The van der Waals surface area contributed by atoms with Crippen molar-refractivity contribution in [3.8, 4) is 5.88 Å². The predicted octanol–water partition coefficient (Wildman–Crippen LogP) is 4.30. The molecule has 21 heavy (non-hydrogen) atoms. The first-order chi connectivity index (χ1) is 10.1. The number of nitrogens with zero attached hydrogens (tertiary/aromatic N) is 1. The first kappa shape index (κ1) is 15.8. The van der Waals surface area contributed by atoms with Crippen molar-refractivity contribution in [3.63, 3.8) is 0 Å². The zero-order valence-corrected chi connectivity index (χ0v) is 13.6. The lowest BCUT2D eigenvalue weighted by Gasteiger charge is -2.25.